The molecular formula is C25H17FN4O4. The van der Waals surface area contributed by atoms with Crippen LogP contribution in [0.3, 0.4) is 0 Å². The molecule has 3 aromatic carbocycles. The number of hydrogen-bond acceptors (Lipinski definition) is 6. The number of rotatable bonds is 6. The van der Waals surface area contributed by atoms with Gasteiger partial charge in [-0.15, -0.1) is 0 Å². The minimum atomic E-state index is -1.14. The first kappa shape index (κ1) is 22.4. The first-order valence-corrected chi connectivity index (χ1v) is 10.2. The predicted molar refractivity (Wildman–Crippen MR) is 125 cm³/mol. The Bertz CT molecular complexity index is 1480. The summed E-state index contributed by atoms with van der Waals surface area (Å²) >= 11 is 0. The molecule has 1 heterocycles. The number of nitrogens with zero attached hydrogens (tertiary/aromatic N) is 3. The maximum atomic E-state index is 14.0. The van der Waals surface area contributed by atoms with Crippen LogP contribution in [0.5, 0.6) is 0 Å². The molecular weight excluding hydrogens is 439 g/mol. The molecule has 4 aromatic rings. The Morgan fingerprint density at radius 1 is 1.15 bits per heavy atom. The topological polar surface area (TPSA) is 129 Å². The van der Waals surface area contributed by atoms with Gasteiger partial charge in [-0.25, -0.2) is 9.37 Å². The fourth-order valence-corrected chi connectivity index (χ4v) is 3.67. The third-order valence-corrected chi connectivity index (χ3v) is 5.36. The van der Waals surface area contributed by atoms with Crippen molar-refractivity contribution in [2.24, 2.45) is 0 Å². The van der Waals surface area contributed by atoms with Crippen LogP contribution in [0.25, 0.3) is 33.3 Å². The molecule has 0 aliphatic rings. The second-order valence-electron chi connectivity index (χ2n) is 7.54. The van der Waals surface area contributed by atoms with Gasteiger partial charge in [0.2, 0.25) is 0 Å². The summed E-state index contributed by atoms with van der Waals surface area (Å²) in [7, 11) is 0. The van der Waals surface area contributed by atoms with E-state index in [4.69, 9.17) is 0 Å². The first-order valence-electron chi connectivity index (χ1n) is 10.2. The number of nitro groups is 1. The highest BCUT2D eigenvalue weighted by Gasteiger charge is 2.21. The van der Waals surface area contributed by atoms with Crippen molar-refractivity contribution in [2.75, 3.05) is 5.32 Å². The Balaban J connectivity index is 1.88. The number of hydrogen-bond donors (Lipinski definition) is 2. The van der Waals surface area contributed by atoms with Crippen LogP contribution in [0.2, 0.25) is 0 Å². The van der Waals surface area contributed by atoms with Gasteiger partial charge < -0.3 is 10.4 Å². The molecule has 0 saturated heterocycles. The standard InChI is InChI=1S/C25H17FN4O4/c1-14(25(31)32)28-24-19-12-17(26)10-11-21(19)29-23(20(24)13-27)16-8-6-15(7-9-16)18-4-2-3-5-22(18)30(33)34/h2-12,14H,1H3,(H,28,29)(H,31,32). The number of carboxylic acids is 1. The quantitative estimate of drug-likeness (QED) is 0.295. The number of pyridine rings is 1. The van der Waals surface area contributed by atoms with Crippen LogP contribution in [0.4, 0.5) is 15.8 Å². The first-order chi connectivity index (χ1) is 16.3. The van der Waals surface area contributed by atoms with Crippen LogP contribution in [0.15, 0.2) is 66.7 Å². The van der Waals surface area contributed by atoms with E-state index < -0.39 is 22.8 Å². The molecule has 0 spiro atoms. The summed E-state index contributed by atoms with van der Waals surface area (Å²) in [5.74, 6) is -1.69. The smallest absolute Gasteiger partial charge is 0.325 e. The number of halogens is 1. The lowest BCUT2D eigenvalue weighted by atomic mass is 9.97. The molecule has 0 fully saturated rings. The van der Waals surface area contributed by atoms with E-state index in [0.717, 1.165) is 0 Å². The molecule has 9 heteroatoms. The number of carboxylic acid groups (broad SMARTS) is 1. The summed E-state index contributed by atoms with van der Waals surface area (Å²) in [6.07, 6.45) is 0. The second kappa shape index (κ2) is 8.96. The Labute approximate surface area is 193 Å². The zero-order valence-electron chi connectivity index (χ0n) is 17.8. The van der Waals surface area contributed by atoms with Gasteiger partial charge in [0.15, 0.2) is 0 Å². The molecule has 0 amide bonds. The molecule has 0 aliphatic heterocycles. The molecule has 1 atom stereocenters. The fourth-order valence-electron chi connectivity index (χ4n) is 3.67. The number of para-hydroxylation sites is 1. The Morgan fingerprint density at radius 2 is 1.82 bits per heavy atom. The van der Waals surface area contributed by atoms with Crippen LogP contribution in [0, 0.1) is 27.3 Å². The third-order valence-electron chi connectivity index (χ3n) is 5.36. The van der Waals surface area contributed by atoms with E-state index >= 15 is 0 Å². The average Bonchev–Trinajstić information content (AvgIpc) is 2.84. The number of aromatic nitrogens is 1. The maximum Gasteiger partial charge on any atom is 0.325 e. The molecule has 0 aliphatic carbocycles. The Hall–Kier alpha value is -4.84. The van der Waals surface area contributed by atoms with Crippen LogP contribution in [-0.2, 0) is 4.79 Å². The zero-order valence-corrected chi connectivity index (χ0v) is 17.8. The van der Waals surface area contributed by atoms with Gasteiger partial charge in [-0.1, -0.05) is 36.4 Å². The van der Waals surface area contributed by atoms with Gasteiger partial charge in [0.25, 0.3) is 5.69 Å². The molecule has 4 rings (SSSR count). The SMILES string of the molecule is CC(Nc1c(C#N)c(-c2ccc(-c3ccccc3[N+](=O)[O-])cc2)nc2ccc(F)cc12)C(=O)O. The Morgan fingerprint density at radius 3 is 2.47 bits per heavy atom. The number of benzene rings is 3. The highest BCUT2D eigenvalue weighted by Crippen LogP contribution is 2.36. The van der Waals surface area contributed by atoms with Crippen molar-refractivity contribution in [2.45, 2.75) is 13.0 Å². The summed E-state index contributed by atoms with van der Waals surface area (Å²) in [6, 6.07) is 18.0. The van der Waals surface area contributed by atoms with Crippen molar-refractivity contribution in [3.05, 3.63) is 88.2 Å². The van der Waals surface area contributed by atoms with Crippen LogP contribution >= 0.6 is 0 Å². The number of anilines is 1. The lowest BCUT2D eigenvalue weighted by Gasteiger charge is -2.17. The minimum absolute atomic E-state index is 0.0343. The summed E-state index contributed by atoms with van der Waals surface area (Å²) < 4.78 is 14.0. The van der Waals surface area contributed by atoms with Crippen LogP contribution in [0.1, 0.15) is 12.5 Å². The van der Waals surface area contributed by atoms with Crippen molar-refractivity contribution in [1.29, 1.82) is 5.26 Å². The second-order valence-corrected chi connectivity index (χ2v) is 7.54. The molecule has 1 unspecified atom stereocenters. The zero-order chi connectivity index (χ0) is 24.4. The maximum absolute atomic E-state index is 14.0. The van der Waals surface area contributed by atoms with E-state index in [-0.39, 0.29) is 28.0 Å². The van der Waals surface area contributed by atoms with Gasteiger partial charge in [-0.05, 0) is 36.8 Å². The summed E-state index contributed by atoms with van der Waals surface area (Å²) in [4.78, 5) is 26.9. The molecule has 0 bridgehead atoms. The highest BCUT2D eigenvalue weighted by atomic mass is 19.1. The lowest BCUT2D eigenvalue weighted by Crippen LogP contribution is -2.26. The molecule has 0 radical (unpaired) electrons. The minimum Gasteiger partial charge on any atom is -0.480 e. The number of fused-ring (bicyclic) bond motifs is 1. The van der Waals surface area contributed by atoms with E-state index in [0.29, 0.717) is 22.2 Å². The number of aliphatic carboxylic acids is 1. The molecule has 8 nitrogen and oxygen atoms in total. The number of nitriles is 1. The monoisotopic (exact) mass is 456 g/mol. The average molecular weight is 456 g/mol. The normalized spacial score (nSPS) is 11.6. The number of nitro benzene ring substituents is 1. The Kier molecular flexibility index (Phi) is 5.89. The molecule has 2 N–H and O–H groups in total. The van der Waals surface area contributed by atoms with Crippen molar-refractivity contribution in [3.8, 4) is 28.5 Å². The van der Waals surface area contributed by atoms with Crippen LogP contribution < -0.4 is 5.32 Å². The molecule has 1 aromatic heterocycles. The predicted octanol–water partition coefficient (Wildman–Crippen LogP) is 5.37. The van der Waals surface area contributed by atoms with Crippen molar-refractivity contribution < 1.29 is 19.2 Å². The highest BCUT2D eigenvalue weighted by molar-refractivity contribution is 5.99. The largest absolute Gasteiger partial charge is 0.480 e. The van der Waals surface area contributed by atoms with E-state index in [9.17, 15) is 29.7 Å². The van der Waals surface area contributed by atoms with E-state index in [1.807, 2.05) is 0 Å². The summed E-state index contributed by atoms with van der Waals surface area (Å²) in [6.45, 7) is 1.41. The van der Waals surface area contributed by atoms with Gasteiger partial charge in [-0.2, -0.15) is 5.26 Å². The third kappa shape index (κ3) is 4.12. The van der Waals surface area contributed by atoms with E-state index in [2.05, 4.69) is 16.4 Å². The van der Waals surface area contributed by atoms with Crippen molar-refractivity contribution >= 4 is 28.2 Å². The lowest BCUT2D eigenvalue weighted by molar-refractivity contribution is -0.384. The van der Waals surface area contributed by atoms with E-state index in [1.54, 1.807) is 42.5 Å². The van der Waals surface area contributed by atoms with Gasteiger partial charge >= 0.3 is 5.97 Å². The molecule has 168 valence electrons. The summed E-state index contributed by atoms with van der Waals surface area (Å²) in [5.41, 5.74) is 2.43. The molecule has 0 saturated carbocycles. The van der Waals surface area contributed by atoms with Gasteiger partial charge in [0, 0.05) is 17.0 Å². The fraction of sp³-hybridized carbons (Fsp3) is 0.0800. The number of nitrogens with one attached hydrogen (secondary N) is 1. The van der Waals surface area contributed by atoms with Gasteiger partial charge in [0.1, 0.15) is 23.5 Å². The van der Waals surface area contributed by atoms with E-state index in [1.165, 1.54) is 31.2 Å². The van der Waals surface area contributed by atoms with Crippen molar-refractivity contribution in [3.63, 3.8) is 0 Å². The van der Waals surface area contributed by atoms with Gasteiger partial charge in [-0.3, -0.25) is 14.9 Å². The summed E-state index contributed by atoms with van der Waals surface area (Å²) in [5, 5.41) is 33.7. The number of carbonyl (C=O) groups is 1. The molecule has 34 heavy (non-hydrogen) atoms. The van der Waals surface area contributed by atoms with Gasteiger partial charge in [0.05, 0.1) is 27.4 Å². The van der Waals surface area contributed by atoms with Crippen LogP contribution in [-0.4, -0.2) is 27.0 Å². The van der Waals surface area contributed by atoms with Crippen molar-refractivity contribution in [1.82, 2.24) is 4.98 Å².